The summed E-state index contributed by atoms with van der Waals surface area (Å²) in [5.41, 5.74) is 1.51. The van der Waals surface area contributed by atoms with Crippen molar-refractivity contribution in [2.24, 2.45) is 7.05 Å². The van der Waals surface area contributed by atoms with E-state index >= 15 is 0 Å². The van der Waals surface area contributed by atoms with E-state index in [0.29, 0.717) is 24.8 Å². The molecule has 2 aliphatic heterocycles. The molecule has 0 aliphatic carbocycles. The Morgan fingerprint density at radius 3 is 2.83 bits per heavy atom. The number of nitrogens with zero attached hydrogens (tertiary/aromatic N) is 5. The third-order valence-corrected chi connectivity index (χ3v) is 7.07. The Morgan fingerprint density at radius 2 is 2.00 bits per heavy atom. The quantitative estimate of drug-likeness (QED) is 0.813. The van der Waals surface area contributed by atoms with Crippen LogP contribution in [0.5, 0.6) is 0 Å². The highest BCUT2D eigenvalue weighted by atomic mass is 32.2. The number of aryl methyl sites for hydroxylation is 2. The van der Waals surface area contributed by atoms with Crippen LogP contribution in [0, 0.1) is 6.92 Å². The average molecular weight is 349 g/mol. The molecule has 2 fully saturated rings. The second-order valence-corrected chi connectivity index (χ2v) is 8.74. The van der Waals surface area contributed by atoms with Gasteiger partial charge in [0.25, 0.3) is 0 Å². The van der Waals surface area contributed by atoms with Crippen molar-refractivity contribution in [3.05, 3.63) is 18.0 Å². The van der Waals surface area contributed by atoms with Crippen molar-refractivity contribution >= 4 is 21.1 Å². The van der Waals surface area contributed by atoms with Crippen LogP contribution in [0.2, 0.25) is 0 Å². The van der Waals surface area contributed by atoms with Crippen LogP contribution in [0.15, 0.2) is 17.2 Å². The standard InChI is InChI=1S/C16H23N5O2S/c1-12-15-9-14(10-17-16(15)19(2)18-12)24(22,23)21-8-4-7-20-6-3-5-13(20)11-21/h9-10,13H,3-8,11H2,1-2H3/t13-/m1/s1. The summed E-state index contributed by atoms with van der Waals surface area (Å²) in [6.45, 7) is 5.14. The Labute approximate surface area is 142 Å². The average Bonchev–Trinajstić information content (AvgIpc) is 3.04. The summed E-state index contributed by atoms with van der Waals surface area (Å²) in [4.78, 5) is 7.05. The lowest BCUT2D eigenvalue weighted by atomic mass is 10.2. The number of pyridine rings is 1. The molecule has 0 unspecified atom stereocenters. The Kier molecular flexibility index (Phi) is 3.85. The lowest BCUT2D eigenvalue weighted by Crippen LogP contribution is -2.39. The molecule has 2 saturated heterocycles. The van der Waals surface area contributed by atoms with E-state index in [0.717, 1.165) is 37.0 Å². The zero-order valence-corrected chi connectivity index (χ0v) is 15.0. The molecule has 7 nitrogen and oxygen atoms in total. The summed E-state index contributed by atoms with van der Waals surface area (Å²) in [5, 5.41) is 5.13. The van der Waals surface area contributed by atoms with Gasteiger partial charge in [-0.05, 0) is 45.3 Å². The number of aromatic nitrogens is 3. The minimum absolute atomic E-state index is 0.276. The van der Waals surface area contributed by atoms with E-state index in [9.17, 15) is 8.42 Å². The molecule has 0 radical (unpaired) electrons. The molecule has 0 amide bonds. The number of rotatable bonds is 2. The minimum Gasteiger partial charge on any atom is -0.299 e. The van der Waals surface area contributed by atoms with E-state index in [2.05, 4.69) is 15.0 Å². The summed E-state index contributed by atoms with van der Waals surface area (Å²) >= 11 is 0. The van der Waals surface area contributed by atoms with Crippen molar-refractivity contribution in [3.8, 4) is 0 Å². The zero-order chi connectivity index (χ0) is 16.9. The molecule has 0 saturated carbocycles. The minimum atomic E-state index is -3.52. The highest BCUT2D eigenvalue weighted by molar-refractivity contribution is 7.89. The van der Waals surface area contributed by atoms with Crippen molar-refractivity contribution in [2.75, 3.05) is 26.2 Å². The Balaban J connectivity index is 1.70. The highest BCUT2D eigenvalue weighted by Crippen LogP contribution is 2.27. The van der Waals surface area contributed by atoms with Crippen LogP contribution in [-0.2, 0) is 17.1 Å². The molecule has 0 bridgehead atoms. The van der Waals surface area contributed by atoms with Crippen LogP contribution >= 0.6 is 0 Å². The topological polar surface area (TPSA) is 71.3 Å². The van der Waals surface area contributed by atoms with Crippen molar-refractivity contribution in [2.45, 2.75) is 37.1 Å². The van der Waals surface area contributed by atoms with Gasteiger partial charge in [0.15, 0.2) is 5.65 Å². The van der Waals surface area contributed by atoms with Gasteiger partial charge in [-0.1, -0.05) is 0 Å². The van der Waals surface area contributed by atoms with Crippen molar-refractivity contribution in [3.63, 3.8) is 0 Å². The summed E-state index contributed by atoms with van der Waals surface area (Å²) < 4.78 is 29.6. The SMILES string of the molecule is Cc1nn(C)c2ncc(S(=O)(=O)N3CCCN4CCC[C@@H]4C3)cc12. The fraction of sp³-hybridized carbons (Fsp3) is 0.625. The van der Waals surface area contributed by atoms with Gasteiger partial charge in [0.2, 0.25) is 10.0 Å². The first-order chi connectivity index (χ1) is 11.5. The van der Waals surface area contributed by atoms with Crippen molar-refractivity contribution in [1.82, 2.24) is 24.0 Å². The molecule has 24 heavy (non-hydrogen) atoms. The third-order valence-electron chi connectivity index (χ3n) is 5.24. The molecule has 8 heteroatoms. The van der Waals surface area contributed by atoms with E-state index in [4.69, 9.17) is 0 Å². The Bertz CT molecular complexity index is 876. The lowest BCUT2D eigenvalue weighted by molar-refractivity contribution is 0.257. The molecule has 130 valence electrons. The predicted molar refractivity (Wildman–Crippen MR) is 91.2 cm³/mol. The molecule has 1 atom stereocenters. The van der Waals surface area contributed by atoms with Crippen LogP contribution in [0.3, 0.4) is 0 Å². The Morgan fingerprint density at radius 1 is 1.21 bits per heavy atom. The van der Waals surface area contributed by atoms with Crippen LogP contribution in [0.25, 0.3) is 11.0 Å². The van der Waals surface area contributed by atoms with Crippen molar-refractivity contribution < 1.29 is 8.42 Å². The summed E-state index contributed by atoms with van der Waals surface area (Å²) in [6, 6.07) is 2.08. The third kappa shape index (κ3) is 2.53. The predicted octanol–water partition coefficient (Wildman–Crippen LogP) is 1.14. The smallest absolute Gasteiger partial charge is 0.244 e. The van der Waals surface area contributed by atoms with Gasteiger partial charge in [-0.2, -0.15) is 9.40 Å². The van der Waals surface area contributed by atoms with Crippen LogP contribution in [-0.4, -0.2) is 64.6 Å². The molecular formula is C16H23N5O2S. The van der Waals surface area contributed by atoms with E-state index < -0.39 is 10.0 Å². The van der Waals surface area contributed by atoms with Crippen molar-refractivity contribution in [1.29, 1.82) is 0 Å². The van der Waals surface area contributed by atoms with E-state index in [1.807, 2.05) is 14.0 Å². The summed E-state index contributed by atoms with van der Waals surface area (Å²) in [6.07, 6.45) is 4.61. The summed E-state index contributed by atoms with van der Waals surface area (Å²) in [7, 11) is -1.70. The maximum absolute atomic E-state index is 13.1. The first-order valence-corrected chi connectivity index (χ1v) is 9.94. The van der Waals surface area contributed by atoms with E-state index in [-0.39, 0.29) is 4.90 Å². The monoisotopic (exact) mass is 349 g/mol. The van der Waals surface area contributed by atoms with Gasteiger partial charge in [-0.25, -0.2) is 13.4 Å². The largest absolute Gasteiger partial charge is 0.299 e. The van der Waals surface area contributed by atoms with E-state index in [1.165, 1.54) is 12.6 Å². The molecule has 0 aromatic carbocycles. The molecule has 4 rings (SSSR count). The van der Waals surface area contributed by atoms with Crippen LogP contribution in [0.1, 0.15) is 25.0 Å². The van der Waals surface area contributed by atoms with Crippen LogP contribution in [0.4, 0.5) is 0 Å². The van der Waals surface area contributed by atoms with Gasteiger partial charge in [-0.15, -0.1) is 0 Å². The normalized spacial score (nSPS) is 23.5. The molecule has 0 N–H and O–H groups in total. The molecule has 0 spiro atoms. The summed E-state index contributed by atoms with van der Waals surface area (Å²) in [5.74, 6) is 0. The fourth-order valence-corrected chi connectivity index (χ4v) is 5.46. The number of fused-ring (bicyclic) bond motifs is 2. The number of hydrogen-bond acceptors (Lipinski definition) is 5. The van der Waals surface area contributed by atoms with Gasteiger partial charge < -0.3 is 0 Å². The zero-order valence-electron chi connectivity index (χ0n) is 14.1. The number of sulfonamides is 1. The van der Waals surface area contributed by atoms with Gasteiger partial charge in [0.05, 0.1) is 5.69 Å². The lowest BCUT2D eigenvalue weighted by Gasteiger charge is -2.25. The van der Waals surface area contributed by atoms with Gasteiger partial charge in [-0.3, -0.25) is 9.58 Å². The molecular weight excluding hydrogens is 326 g/mol. The van der Waals surface area contributed by atoms with Crippen LogP contribution < -0.4 is 0 Å². The molecule has 2 aliphatic rings. The fourth-order valence-electron chi connectivity index (χ4n) is 3.97. The maximum Gasteiger partial charge on any atom is 0.244 e. The second-order valence-electron chi connectivity index (χ2n) is 6.80. The van der Waals surface area contributed by atoms with Gasteiger partial charge in [0.1, 0.15) is 4.90 Å². The first-order valence-electron chi connectivity index (χ1n) is 8.50. The second kappa shape index (κ2) is 5.79. The van der Waals surface area contributed by atoms with Gasteiger partial charge >= 0.3 is 0 Å². The first kappa shape index (κ1) is 16.0. The van der Waals surface area contributed by atoms with E-state index in [1.54, 1.807) is 15.1 Å². The Hall–Kier alpha value is -1.51. The highest BCUT2D eigenvalue weighted by Gasteiger charge is 2.34. The van der Waals surface area contributed by atoms with Gasteiger partial charge in [0, 0.05) is 37.8 Å². The molecule has 2 aromatic heterocycles. The molecule has 4 heterocycles. The maximum atomic E-state index is 13.1. The molecule has 2 aromatic rings. The number of hydrogen-bond donors (Lipinski definition) is 0.